The molecule has 4 N–H and O–H groups in total. The molecule has 0 saturated heterocycles. The fourth-order valence-corrected chi connectivity index (χ4v) is 2.74. The van der Waals surface area contributed by atoms with Crippen molar-refractivity contribution in [1.29, 1.82) is 0 Å². The van der Waals surface area contributed by atoms with E-state index in [1.165, 1.54) is 0 Å². The van der Waals surface area contributed by atoms with E-state index in [-0.39, 0.29) is 12.1 Å². The molecule has 1 aliphatic rings. The van der Waals surface area contributed by atoms with E-state index in [0.717, 1.165) is 42.3 Å². The van der Waals surface area contributed by atoms with Gasteiger partial charge in [-0.25, -0.2) is 9.97 Å². The van der Waals surface area contributed by atoms with E-state index >= 15 is 0 Å². The monoisotopic (exact) mass is 286 g/mol. The van der Waals surface area contributed by atoms with E-state index in [1.807, 2.05) is 31.3 Å². The molecule has 1 fully saturated rings. The first-order valence-corrected chi connectivity index (χ1v) is 7.57. The van der Waals surface area contributed by atoms with Gasteiger partial charge in [-0.15, -0.1) is 0 Å². The first-order chi connectivity index (χ1) is 10.1. The van der Waals surface area contributed by atoms with Gasteiger partial charge >= 0.3 is 0 Å². The molecule has 1 aromatic heterocycles. The molecular formula is C16H22N4O. The maximum atomic E-state index is 6.16. The summed E-state index contributed by atoms with van der Waals surface area (Å²) in [6, 6.07) is 6.07. The maximum absolute atomic E-state index is 6.16. The zero-order valence-corrected chi connectivity index (χ0v) is 12.3. The highest BCUT2D eigenvalue weighted by atomic mass is 16.5. The van der Waals surface area contributed by atoms with E-state index in [1.54, 1.807) is 0 Å². The Morgan fingerprint density at radius 3 is 2.71 bits per heavy atom. The van der Waals surface area contributed by atoms with Crippen LogP contribution in [-0.2, 0) is 0 Å². The second-order valence-corrected chi connectivity index (χ2v) is 5.87. The van der Waals surface area contributed by atoms with Crippen LogP contribution in [0.25, 0.3) is 10.9 Å². The minimum atomic E-state index is -0.185. The molecule has 5 heteroatoms. The van der Waals surface area contributed by atoms with Crippen molar-refractivity contribution >= 4 is 10.9 Å². The Kier molecular flexibility index (Phi) is 4.03. The van der Waals surface area contributed by atoms with Crippen LogP contribution in [0.5, 0.6) is 5.75 Å². The Labute approximate surface area is 124 Å². The molecule has 0 bridgehead atoms. The van der Waals surface area contributed by atoms with E-state index < -0.39 is 0 Å². The Morgan fingerprint density at radius 1 is 1.24 bits per heavy atom. The number of benzene rings is 1. The van der Waals surface area contributed by atoms with Crippen LogP contribution in [0.2, 0.25) is 0 Å². The quantitative estimate of drug-likeness (QED) is 0.904. The summed E-state index contributed by atoms with van der Waals surface area (Å²) in [4.78, 5) is 8.87. The topological polar surface area (TPSA) is 87.0 Å². The Bertz CT molecular complexity index is 621. The van der Waals surface area contributed by atoms with Gasteiger partial charge < -0.3 is 16.2 Å². The van der Waals surface area contributed by atoms with Gasteiger partial charge in [0.25, 0.3) is 0 Å². The van der Waals surface area contributed by atoms with Gasteiger partial charge in [0.2, 0.25) is 0 Å². The predicted molar refractivity (Wildman–Crippen MR) is 83.0 cm³/mol. The van der Waals surface area contributed by atoms with Gasteiger partial charge in [-0.1, -0.05) is 12.1 Å². The van der Waals surface area contributed by atoms with E-state index in [9.17, 15) is 0 Å². The largest absolute Gasteiger partial charge is 0.488 e. The third kappa shape index (κ3) is 3.14. The van der Waals surface area contributed by atoms with Crippen LogP contribution in [0.4, 0.5) is 0 Å². The normalized spacial score (nSPS) is 24.0. The van der Waals surface area contributed by atoms with Crippen molar-refractivity contribution in [3.05, 3.63) is 30.2 Å². The fourth-order valence-electron chi connectivity index (χ4n) is 2.74. The SMILES string of the molecule is CC(N)c1ncc2cccc(OC3CCC(N)CC3)c2n1. The summed E-state index contributed by atoms with van der Waals surface area (Å²) in [5, 5.41) is 0.976. The lowest BCUT2D eigenvalue weighted by Gasteiger charge is -2.27. The van der Waals surface area contributed by atoms with Crippen molar-refractivity contribution in [1.82, 2.24) is 9.97 Å². The van der Waals surface area contributed by atoms with Crippen molar-refractivity contribution in [3.8, 4) is 5.75 Å². The molecule has 5 nitrogen and oxygen atoms in total. The molecule has 1 saturated carbocycles. The second kappa shape index (κ2) is 5.95. The highest BCUT2D eigenvalue weighted by Gasteiger charge is 2.21. The minimum absolute atomic E-state index is 0.185. The van der Waals surface area contributed by atoms with E-state index in [4.69, 9.17) is 16.2 Å². The molecule has 2 aromatic rings. The minimum Gasteiger partial charge on any atom is -0.488 e. The van der Waals surface area contributed by atoms with Gasteiger partial charge in [0.1, 0.15) is 17.1 Å². The van der Waals surface area contributed by atoms with Crippen LogP contribution >= 0.6 is 0 Å². The lowest BCUT2D eigenvalue weighted by Crippen LogP contribution is -2.31. The molecule has 1 aliphatic carbocycles. The highest BCUT2D eigenvalue weighted by molar-refractivity contribution is 5.83. The second-order valence-electron chi connectivity index (χ2n) is 5.87. The molecule has 0 radical (unpaired) electrons. The number of nitrogens with two attached hydrogens (primary N) is 2. The number of para-hydroxylation sites is 1. The first kappa shape index (κ1) is 14.2. The smallest absolute Gasteiger partial charge is 0.146 e. The number of hydrogen-bond acceptors (Lipinski definition) is 5. The van der Waals surface area contributed by atoms with Crippen molar-refractivity contribution < 1.29 is 4.74 Å². The number of ether oxygens (including phenoxy) is 1. The van der Waals surface area contributed by atoms with E-state index in [0.29, 0.717) is 11.9 Å². The number of hydrogen-bond donors (Lipinski definition) is 2. The molecule has 21 heavy (non-hydrogen) atoms. The lowest BCUT2D eigenvalue weighted by molar-refractivity contribution is 0.149. The summed E-state index contributed by atoms with van der Waals surface area (Å²) in [5.41, 5.74) is 12.7. The Balaban J connectivity index is 1.88. The molecular weight excluding hydrogens is 264 g/mol. The zero-order chi connectivity index (χ0) is 14.8. The fraction of sp³-hybridized carbons (Fsp3) is 0.500. The van der Waals surface area contributed by atoms with Crippen LogP contribution in [-0.4, -0.2) is 22.1 Å². The number of aromatic nitrogens is 2. The zero-order valence-electron chi connectivity index (χ0n) is 12.3. The molecule has 1 heterocycles. The number of nitrogens with zero attached hydrogens (tertiary/aromatic N) is 2. The van der Waals surface area contributed by atoms with Crippen molar-refractivity contribution in [2.45, 2.75) is 50.8 Å². The summed E-state index contributed by atoms with van der Waals surface area (Å²) in [6.45, 7) is 1.88. The van der Waals surface area contributed by atoms with Gasteiger partial charge in [-0.3, -0.25) is 0 Å². The molecule has 0 amide bonds. The molecule has 1 atom stereocenters. The van der Waals surface area contributed by atoms with Crippen molar-refractivity contribution in [2.24, 2.45) is 11.5 Å². The summed E-state index contributed by atoms with van der Waals surface area (Å²) < 4.78 is 6.16. The van der Waals surface area contributed by atoms with Crippen molar-refractivity contribution in [2.75, 3.05) is 0 Å². The van der Waals surface area contributed by atoms with Crippen LogP contribution in [0, 0.1) is 0 Å². The standard InChI is InChI=1S/C16H22N4O/c1-10(17)16-19-9-11-3-2-4-14(15(11)20-16)21-13-7-5-12(18)6-8-13/h2-4,9-10,12-13H,5-8,17-18H2,1H3. The summed E-state index contributed by atoms with van der Waals surface area (Å²) in [7, 11) is 0. The summed E-state index contributed by atoms with van der Waals surface area (Å²) >= 11 is 0. The predicted octanol–water partition coefficient (Wildman–Crippen LogP) is 2.30. The Hall–Kier alpha value is -1.72. The summed E-state index contributed by atoms with van der Waals surface area (Å²) in [5.74, 6) is 1.46. The maximum Gasteiger partial charge on any atom is 0.146 e. The van der Waals surface area contributed by atoms with Crippen LogP contribution < -0.4 is 16.2 Å². The lowest BCUT2D eigenvalue weighted by atomic mass is 9.94. The number of fused-ring (bicyclic) bond motifs is 1. The van der Waals surface area contributed by atoms with Crippen LogP contribution in [0.15, 0.2) is 24.4 Å². The third-order valence-corrected chi connectivity index (χ3v) is 4.01. The highest BCUT2D eigenvalue weighted by Crippen LogP contribution is 2.28. The molecule has 0 spiro atoms. The number of rotatable bonds is 3. The average molecular weight is 286 g/mol. The average Bonchev–Trinajstić information content (AvgIpc) is 2.49. The van der Waals surface area contributed by atoms with Crippen LogP contribution in [0.1, 0.15) is 44.5 Å². The van der Waals surface area contributed by atoms with Gasteiger partial charge in [-0.2, -0.15) is 0 Å². The molecule has 0 aliphatic heterocycles. The molecule has 1 aromatic carbocycles. The van der Waals surface area contributed by atoms with E-state index in [2.05, 4.69) is 9.97 Å². The molecule has 1 unspecified atom stereocenters. The summed E-state index contributed by atoms with van der Waals surface area (Å²) in [6.07, 6.45) is 6.09. The molecule has 112 valence electrons. The van der Waals surface area contributed by atoms with Gasteiger partial charge in [-0.05, 0) is 38.7 Å². The van der Waals surface area contributed by atoms with Gasteiger partial charge in [0.05, 0.1) is 12.1 Å². The van der Waals surface area contributed by atoms with Crippen LogP contribution in [0.3, 0.4) is 0 Å². The first-order valence-electron chi connectivity index (χ1n) is 7.57. The van der Waals surface area contributed by atoms with Crippen molar-refractivity contribution in [3.63, 3.8) is 0 Å². The Morgan fingerprint density at radius 2 is 2.00 bits per heavy atom. The van der Waals surface area contributed by atoms with Gasteiger partial charge in [0, 0.05) is 17.6 Å². The van der Waals surface area contributed by atoms with Gasteiger partial charge in [0.15, 0.2) is 0 Å². The molecule has 3 rings (SSSR count). The third-order valence-electron chi connectivity index (χ3n) is 4.01.